The monoisotopic (exact) mass is 273 g/mol. The minimum atomic E-state index is -0.0605. The summed E-state index contributed by atoms with van der Waals surface area (Å²) >= 11 is 0. The van der Waals surface area contributed by atoms with Crippen LogP contribution in [0.5, 0.6) is 0 Å². The maximum Gasteiger partial charge on any atom is 0.258 e. The fraction of sp³-hybridized carbons (Fsp3) is 0.333. The minimum Gasteiger partial charge on any atom is -0.380 e. The van der Waals surface area contributed by atoms with Crippen LogP contribution in [0.3, 0.4) is 0 Å². The second-order valence-corrected chi connectivity index (χ2v) is 4.38. The van der Waals surface area contributed by atoms with Crippen molar-refractivity contribution < 1.29 is 4.74 Å². The number of rotatable bonds is 8. The molecule has 0 aliphatic carbocycles. The molecule has 0 aromatic carbocycles. The zero-order chi connectivity index (χ0) is 14.2. The molecular formula is C15H19N3O2. The van der Waals surface area contributed by atoms with Gasteiger partial charge in [0.1, 0.15) is 5.65 Å². The molecule has 0 unspecified atom stereocenters. The molecule has 0 amide bonds. The molecule has 0 bridgehead atoms. The average molecular weight is 273 g/mol. The molecule has 0 fully saturated rings. The summed E-state index contributed by atoms with van der Waals surface area (Å²) in [6, 6.07) is 7.06. The number of nitrogens with zero attached hydrogens (tertiary/aromatic N) is 2. The van der Waals surface area contributed by atoms with Crippen molar-refractivity contribution in [3.8, 4) is 0 Å². The van der Waals surface area contributed by atoms with E-state index in [0.29, 0.717) is 25.4 Å². The van der Waals surface area contributed by atoms with Crippen molar-refractivity contribution in [2.24, 2.45) is 0 Å². The van der Waals surface area contributed by atoms with E-state index in [9.17, 15) is 4.79 Å². The Morgan fingerprint density at radius 2 is 2.30 bits per heavy atom. The van der Waals surface area contributed by atoms with Crippen molar-refractivity contribution in [2.45, 2.75) is 13.0 Å². The van der Waals surface area contributed by atoms with Crippen LogP contribution in [-0.4, -0.2) is 29.1 Å². The van der Waals surface area contributed by atoms with E-state index in [1.807, 2.05) is 24.3 Å². The lowest BCUT2D eigenvalue weighted by molar-refractivity contribution is 0.140. The smallest absolute Gasteiger partial charge is 0.258 e. The van der Waals surface area contributed by atoms with Gasteiger partial charge >= 0.3 is 0 Å². The molecule has 5 nitrogen and oxygen atoms in total. The number of hydrogen-bond donors (Lipinski definition) is 1. The quantitative estimate of drug-likeness (QED) is 0.583. The van der Waals surface area contributed by atoms with Gasteiger partial charge in [-0.25, -0.2) is 4.98 Å². The first kappa shape index (κ1) is 14.4. The predicted octanol–water partition coefficient (Wildman–Crippen LogP) is 1.38. The van der Waals surface area contributed by atoms with Crippen molar-refractivity contribution in [3.05, 3.63) is 59.2 Å². The van der Waals surface area contributed by atoms with Gasteiger partial charge in [0.05, 0.1) is 18.9 Å². The van der Waals surface area contributed by atoms with Crippen molar-refractivity contribution in [3.63, 3.8) is 0 Å². The topological polar surface area (TPSA) is 55.6 Å². The normalized spacial score (nSPS) is 10.8. The summed E-state index contributed by atoms with van der Waals surface area (Å²) in [6.07, 6.45) is 4.41. The van der Waals surface area contributed by atoms with Gasteiger partial charge in [-0.15, -0.1) is 6.58 Å². The number of nitrogens with one attached hydrogen (secondary N) is 1. The Balaban J connectivity index is 1.84. The van der Waals surface area contributed by atoms with Gasteiger partial charge in [-0.1, -0.05) is 12.1 Å². The van der Waals surface area contributed by atoms with Crippen LogP contribution in [0.25, 0.3) is 5.65 Å². The van der Waals surface area contributed by atoms with Crippen molar-refractivity contribution >= 4 is 5.65 Å². The zero-order valence-electron chi connectivity index (χ0n) is 11.4. The maximum absolute atomic E-state index is 11.9. The van der Waals surface area contributed by atoms with E-state index >= 15 is 0 Å². The summed E-state index contributed by atoms with van der Waals surface area (Å²) < 4.78 is 6.92. The molecule has 0 saturated carbocycles. The van der Waals surface area contributed by atoms with Crippen LogP contribution in [0.1, 0.15) is 12.1 Å². The molecule has 0 saturated heterocycles. The first-order valence-electron chi connectivity index (χ1n) is 6.68. The third kappa shape index (κ3) is 4.01. The summed E-state index contributed by atoms with van der Waals surface area (Å²) in [5, 5.41) is 3.21. The largest absolute Gasteiger partial charge is 0.380 e. The van der Waals surface area contributed by atoms with Crippen molar-refractivity contribution in [1.82, 2.24) is 14.7 Å². The third-order valence-corrected chi connectivity index (χ3v) is 2.82. The lowest BCUT2D eigenvalue weighted by Gasteiger charge is -2.06. The average Bonchev–Trinajstić information content (AvgIpc) is 2.46. The van der Waals surface area contributed by atoms with Gasteiger partial charge in [-0.05, 0) is 18.6 Å². The number of pyridine rings is 1. The van der Waals surface area contributed by atoms with Gasteiger partial charge in [-0.2, -0.15) is 0 Å². The summed E-state index contributed by atoms with van der Waals surface area (Å²) in [6.45, 7) is 6.26. The number of aromatic nitrogens is 2. The Morgan fingerprint density at radius 1 is 1.40 bits per heavy atom. The van der Waals surface area contributed by atoms with Crippen LogP contribution in [-0.2, 0) is 11.3 Å². The van der Waals surface area contributed by atoms with E-state index in [4.69, 9.17) is 4.74 Å². The SMILES string of the molecule is C=CCCOCCNCc1cc(=O)n2ccccc2n1. The van der Waals surface area contributed by atoms with Gasteiger partial charge in [0.15, 0.2) is 0 Å². The first-order chi connectivity index (χ1) is 9.81. The zero-order valence-corrected chi connectivity index (χ0v) is 11.4. The molecule has 2 aromatic rings. The van der Waals surface area contributed by atoms with Gasteiger partial charge in [0, 0.05) is 25.4 Å². The summed E-state index contributed by atoms with van der Waals surface area (Å²) in [4.78, 5) is 16.3. The van der Waals surface area contributed by atoms with Gasteiger partial charge in [0.2, 0.25) is 0 Å². The highest BCUT2D eigenvalue weighted by molar-refractivity contribution is 5.37. The van der Waals surface area contributed by atoms with E-state index in [0.717, 1.165) is 18.7 Å². The van der Waals surface area contributed by atoms with E-state index < -0.39 is 0 Å². The second-order valence-electron chi connectivity index (χ2n) is 4.38. The molecule has 2 rings (SSSR count). The van der Waals surface area contributed by atoms with Gasteiger partial charge in [-0.3, -0.25) is 9.20 Å². The molecular weight excluding hydrogens is 254 g/mol. The number of ether oxygens (including phenoxy) is 1. The second kappa shape index (κ2) is 7.57. The fourth-order valence-electron chi connectivity index (χ4n) is 1.82. The molecule has 0 atom stereocenters. The minimum absolute atomic E-state index is 0.0605. The van der Waals surface area contributed by atoms with Crippen LogP contribution >= 0.6 is 0 Å². The van der Waals surface area contributed by atoms with E-state index in [1.165, 1.54) is 4.40 Å². The Bertz CT molecular complexity index is 622. The van der Waals surface area contributed by atoms with E-state index in [-0.39, 0.29) is 5.56 Å². The summed E-state index contributed by atoms with van der Waals surface area (Å²) in [7, 11) is 0. The lowest BCUT2D eigenvalue weighted by Crippen LogP contribution is -2.22. The predicted molar refractivity (Wildman–Crippen MR) is 78.8 cm³/mol. The highest BCUT2D eigenvalue weighted by Gasteiger charge is 2.01. The number of fused-ring (bicyclic) bond motifs is 1. The Kier molecular flexibility index (Phi) is 5.46. The molecule has 5 heteroatoms. The van der Waals surface area contributed by atoms with Crippen LogP contribution in [0.15, 0.2) is 47.9 Å². The van der Waals surface area contributed by atoms with Gasteiger partial charge in [0.25, 0.3) is 5.56 Å². The molecule has 2 aromatic heterocycles. The molecule has 0 aliphatic rings. The Morgan fingerprint density at radius 3 is 3.15 bits per heavy atom. The molecule has 0 aliphatic heterocycles. The summed E-state index contributed by atoms with van der Waals surface area (Å²) in [5.74, 6) is 0. The van der Waals surface area contributed by atoms with Crippen LogP contribution < -0.4 is 10.9 Å². The van der Waals surface area contributed by atoms with Crippen LogP contribution in [0, 0.1) is 0 Å². The maximum atomic E-state index is 11.9. The molecule has 1 N–H and O–H groups in total. The highest BCUT2D eigenvalue weighted by Crippen LogP contribution is 1.98. The number of hydrogen-bond acceptors (Lipinski definition) is 4. The van der Waals surface area contributed by atoms with E-state index in [2.05, 4.69) is 16.9 Å². The van der Waals surface area contributed by atoms with Crippen molar-refractivity contribution in [1.29, 1.82) is 0 Å². The Labute approximate surface area is 117 Å². The standard InChI is InChI=1S/C15H19N3O2/c1-2-3-9-20-10-7-16-12-13-11-15(19)18-8-5-4-6-14(18)17-13/h2,4-6,8,11,16H,1,3,7,9-10,12H2. The van der Waals surface area contributed by atoms with Crippen LogP contribution in [0.4, 0.5) is 0 Å². The van der Waals surface area contributed by atoms with E-state index in [1.54, 1.807) is 12.3 Å². The lowest BCUT2D eigenvalue weighted by atomic mass is 10.3. The third-order valence-electron chi connectivity index (χ3n) is 2.82. The first-order valence-corrected chi connectivity index (χ1v) is 6.68. The molecule has 0 spiro atoms. The van der Waals surface area contributed by atoms with Gasteiger partial charge < -0.3 is 10.1 Å². The molecule has 2 heterocycles. The fourth-order valence-corrected chi connectivity index (χ4v) is 1.82. The highest BCUT2D eigenvalue weighted by atomic mass is 16.5. The Hall–Kier alpha value is -1.98. The molecule has 106 valence electrons. The van der Waals surface area contributed by atoms with Crippen molar-refractivity contribution in [2.75, 3.05) is 19.8 Å². The van der Waals surface area contributed by atoms with Crippen LogP contribution in [0.2, 0.25) is 0 Å². The molecule has 0 radical (unpaired) electrons. The molecule has 20 heavy (non-hydrogen) atoms. The summed E-state index contributed by atoms with van der Waals surface area (Å²) in [5.41, 5.74) is 1.35.